The first-order valence-electron chi connectivity index (χ1n) is 7.97. The number of nitrogens with one attached hydrogen (secondary N) is 3. The van der Waals surface area contributed by atoms with Gasteiger partial charge in [-0.3, -0.25) is 19.7 Å². The smallest absolute Gasteiger partial charge is 0.329 e. The number of hydrogen-bond acceptors (Lipinski definition) is 4. The number of aromatic nitrogens is 2. The number of carbonyl (C=O) groups excluding carboxylic acids is 1. The fourth-order valence-corrected chi connectivity index (χ4v) is 3.37. The molecule has 8 nitrogen and oxygen atoms in total. The zero-order valence-corrected chi connectivity index (χ0v) is 14.1. The molecule has 132 valence electrons. The summed E-state index contributed by atoms with van der Waals surface area (Å²) in [6.07, 6.45) is 0. The van der Waals surface area contributed by atoms with E-state index in [1.54, 1.807) is 6.07 Å². The van der Waals surface area contributed by atoms with Gasteiger partial charge in [0.25, 0.3) is 5.56 Å². The molecule has 2 amide bonds. The van der Waals surface area contributed by atoms with E-state index >= 15 is 0 Å². The molecule has 2 aromatic carbocycles. The number of urea groups is 1. The van der Waals surface area contributed by atoms with Crippen molar-refractivity contribution in [1.82, 2.24) is 14.9 Å². The highest BCUT2D eigenvalue weighted by atomic mass is 16.5. The highest BCUT2D eigenvalue weighted by Crippen LogP contribution is 2.38. The van der Waals surface area contributed by atoms with Gasteiger partial charge in [-0.1, -0.05) is 30.3 Å². The van der Waals surface area contributed by atoms with Crippen molar-refractivity contribution in [2.45, 2.75) is 6.04 Å². The van der Waals surface area contributed by atoms with E-state index in [0.29, 0.717) is 11.3 Å². The summed E-state index contributed by atoms with van der Waals surface area (Å²) < 4.78 is 6.71. The highest BCUT2D eigenvalue weighted by Gasteiger charge is 2.33. The largest absolute Gasteiger partial charge is 0.496 e. The molecule has 0 fully saturated rings. The standard InChI is InChI=1S/C18H16N4O4/c1-22-15-13(16(23)21-18(22)25)14(19-17(24)20-15)12-10-6-4-3-5-9(10)7-8-11(12)26-2/h3-8,14H,1-2H3,(H2,19,20,24)(H,21,23,25). The quantitative estimate of drug-likeness (QED) is 0.649. The zero-order chi connectivity index (χ0) is 18.4. The maximum atomic E-state index is 12.6. The maximum Gasteiger partial charge on any atom is 0.329 e. The molecule has 1 aromatic heterocycles. The number of fused-ring (bicyclic) bond motifs is 2. The number of carbonyl (C=O) groups is 1. The van der Waals surface area contributed by atoms with Gasteiger partial charge in [0.15, 0.2) is 0 Å². The third-order valence-corrected chi connectivity index (χ3v) is 4.60. The molecule has 0 saturated heterocycles. The Morgan fingerprint density at radius 2 is 1.81 bits per heavy atom. The predicted molar refractivity (Wildman–Crippen MR) is 96.8 cm³/mol. The Labute approximate surface area is 147 Å². The van der Waals surface area contributed by atoms with Gasteiger partial charge in [-0.15, -0.1) is 0 Å². The number of aromatic amines is 1. The predicted octanol–water partition coefficient (Wildman–Crippen LogP) is 1.46. The van der Waals surface area contributed by atoms with Gasteiger partial charge in [0.05, 0.1) is 18.7 Å². The summed E-state index contributed by atoms with van der Waals surface area (Å²) in [7, 11) is 3.02. The Kier molecular flexibility index (Phi) is 3.54. The Bertz CT molecular complexity index is 1160. The molecule has 0 aliphatic carbocycles. The third-order valence-electron chi connectivity index (χ3n) is 4.60. The number of ether oxygens (including phenoxy) is 1. The van der Waals surface area contributed by atoms with Gasteiger partial charge in [-0.05, 0) is 16.8 Å². The van der Waals surface area contributed by atoms with Gasteiger partial charge < -0.3 is 10.1 Å². The average Bonchev–Trinajstić information content (AvgIpc) is 2.64. The van der Waals surface area contributed by atoms with E-state index in [-0.39, 0.29) is 11.4 Å². The summed E-state index contributed by atoms with van der Waals surface area (Å²) in [5.74, 6) is 0.706. The minimum absolute atomic E-state index is 0.169. The molecule has 1 aliphatic heterocycles. The van der Waals surface area contributed by atoms with Crippen LogP contribution >= 0.6 is 0 Å². The van der Waals surface area contributed by atoms with Crippen LogP contribution in [0.15, 0.2) is 46.0 Å². The SMILES string of the molecule is COc1ccc2ccccc2c1C1NC(=O)Nc2c1c(=O)[nH]c(=O)n2C. The first-order chi connectivity index (χ1) is 12.5. The van der Waals surface area contributed by atoms with Crippen LogP contribution < -0.4 is 26.6 Å². The fraction of sp³-hybridized carbons (Fsp3) is 0.167. The third kappa shape index (κ3) is 2.26. The lowest BCUT2D eigenvalue weighted by Gasteiger charge is -2.29. The Hall–Kier alpha value is -3.55. The first kappa shape index (κ1) is 15.9. The van der Waals surface area contributed by atoms with Gasteiger partial charge in [0.2, 0.25) is 0 Å². The minimum Gasteiger partial charge on any atom is -0.496 e. The minimum atomic E-state index is -0.768. The molecule has 26 heavy (non-hydrogen) atoms. The molecule has 0 spiro atoms. The second-order valence-electron chi connectivity index (χ2n) is 6.01. The molecular weight excluding hydrogens is 336 g/mol. The monoisotopic (exact) mass is 352 g/mol. The Balaban J connectivity index is 2.10. The molecule has 4 rings (SSSR count). The van der Waals surface area contributed by atoms with Gasteiger partial charge in [-0.2, -0.15) is 0 Å². The number of hydrogen-bond donors (Lipinski definition) is 3. The van der Waals surface area contributed by atoms with Crippen LogP contribution in [0.5, 0.6) is 5.75 Å². The molecule has 0 radical (unpaired) electrons. The van der Waals surface area contributed by atoms with Crippen LogP contribution in [0.25, 0.3) is 10.8 Å². The molecule has 1 atom stereocenters. The van der Waals surface area contributed by atoms with Crippen molar-refractivity contribution in [2.24, 2.45) is 7.05 Å². The van der Waals surface area contributed by atoms with Crippen molar-refractivity contribution in [3.8, 4) is 5.75 Å². The number of H-pyrrole nitrogens is 1. The molecule has 0 saturated carbocycles. The summed E-state index contributed by atoms with van der Waals surface area (Å²) in [6, 6.07) is 10.1. The van der Waals surface area contributed by atoms with E-state index in [9.17, 15) is 14.4 Å². The topological polar surface area (TPSA) is 105 Å². The lowest BCUT2D eigenvalue weighted by atomic mass is 9.92. The molecule has 0 bridgehead atoms. The van der Waals surface area contributed by atoms with Gasteiger partial charge in [0, 0.05) is 12.6 Å². The van der Waals surface area contributed by atoms with Gasteiger partial charge >= 0.3 is 11.7 Å². The van der Waals surface area contributed by atoms with Crippen LogP contribution in [-0.2, 0) is 7.05 Å². The molecule has 3 aromatic rings. The number of benzene rings is 2. The molecule has 1 unspecified atom stereocenters. The van der Waals surface area contributed by atoms with Gasteiger partial charge in [0.1, 0.15) is 11.6 Å². The molecule has 2 heterocycles. The summed E-state index contributed by atoms with van der Waals surface area (Å²) in [4.78, 5) is 39.0. The molecule has 1 aliphatic rings. The van der Waals surface area contributed by atoms with E-state index in [1.807, 2.05) is 30.3 Å². The summed E-state index contributed by atoms with van der Waals surface area (Å²) in [5.41, 5.74) is -0.248. The lowest BCUT2D eigenvalue weighted by Crippen LogP contribution is -2.46. The van der Waals surface area contributed by atoms with Crippen molar-refractivity contribution in [3.05, 3.63) is 68.4 Å². The summed E-state index contributed by atoms with van der Waals surface area (Å²) in [6.45, 7) is 0. The number of rotatable bonds is 2. The molecular formula is C18H16N4O4. The number of nitrogens with zero attached hydrogens (tertiary/aromatic N) is 1. The maximum absolute atomic E-state index is 12.6. The van der Waals surface area contributed by atoms with Crippen molar-refractivity contribution in [3.63, 3.8) is 0 Å². The van der Waals surface area contributed by atoms with Crippen LogP contribution in [0.2, 0.25) is 0 Å². The van der Waals surface area contributed by atoms with Crippen molar-refractivity contribution < 1.29 is 9.53 Å². The number of methoxy groups -OCH3 is 1. The lowest BCUT2D eigenvalue weighted by molar-refractivity contribution is 0.248. The van der Waals surface area contributed by atoms with E-state index in [2.05, 4.69) is 15.6 Å². The Morgan fingerprint density at radius 3 is 2.58 bits per heavy atom. The highest BCUT2D eigenvalue weighted by molar-refractivity contribution is 5.95. The normalized spacial score (nSPS) is 15.9. The van der Waals surface area contributed by atoms with Crippen molar-refractivity contribution in [2.75, 3.05) is 12.4 Å². The van der Waals surface area contributed by atoms with Crippen LogP contribution in [0.1, 0.15) is 17.2 Å². The average molecular weight is 352 g/mol. The zero-order valence-electron chi connectivity index (χ0n) is 14.1. The van der Waals surface area contributed by atoms with Crippen LogP contribution in [0.3, 0.4) is 0 Å². The fourth-order valence-electron chi connectivity index (χ4n) is 3.37. The van der Waals surface area contributed by atoms with Gasteiger partial charge in [-0.25, -0.2) is 9.59 Å². The molecule has 3 N–H and O–H groups in total. The van der Waals surface area contributed by atoms with Crippen molar-refractivity contribution in [1.29, 1.82) is 0 Å². The second kappa shape index (κ2) is 5.76. The van der Waals surface area contributed by atoms with Crippen molar-refractivity contribution >= 4 is 22.6 Å². The van der Waals surface area contributed by atoms with Crippen LogP contribution in [0, 0.1) is 0 Å². The number of anilines is 1. The summed E-state index contributed by atoms with van der Waals surface area (Å²) in [5, 5.41) is 7.11. The van der Waals surface area contributed by atoms with Crippen LogP contribution in [0.4, 0.5) is 10.6 Å². The second-order valence-corrected chi connectivity index (χ2v) is 6.01. The van der Waals surface area contributed by atoms with E-state index < -0.39 is 23.3 Å². The van der Waals surface area contributed by atoms with E-state index in [1.165, 1.54) is 18.7 Å². The summed E-state index contributed by atoms with van der Waals surface area (Å²) >= 11 is 0. The Morgan fingerprint density at radius 1 is 1.04 bits per heavy atom. The first-order valence-corrected chi connectivity index (χ1v) is 7.97. The van der Waals surface area contributed by atoms with E-state index in [4.69, 9.17) is 4.74 Å². The number of amides is 2. The van der Waals surface area contributed by atoms with Crippen LogP contribution in [-0.4, -0.2) is 22.7 Å². The molecule has 8 heteroatoms. The van der Waals surface area contributed by atoms with E-state index in [0.717, 1.165) is 10.8 Å².